The maximum Gasteiger partial charge on any atom is 0.433 e. The van der Waals surface area contributed by atoms with Gasteiger partial charge >= 0.3 is 6.18 Å². The molecule has 1 heterocycles. The Morgan fingerprint density at radius 2 is 2.20 bits per heavy atom. The van der Waals surface area contributed by atoms with E-state index in [1.807, 2.05) is 0 Å². The van der Waals surface area contributed by atoms with Crippen LogP contribution in [-0.2, 0) is 13.2 Å². The molecule has 0 saturated carbocycles. The van der Waals surface area contributed by atoms with Crippen molar-refractivity contribution in [3.05, 3.63) is 17.5 Å². The zero-order valence-electron chi connectivity index (χ0n) is 8.22. The summed E-state index contributed by atoms with van der Waals surface area (Å²) >= 11 is 0. The first-order valence-electron chi connectivity index (χ1n) is 4.25. The van der Waals surface area contributed by atoms with E-state index in [0.717, 1.165) is 13.2 Å². The summed E-state index contributed by atoms with van der Waals surface area (Å²) in [4.78, 5) is 11.3. The topological polar surface area (TPSA) is 46.9 Å². The molecule has 0 atom stereocenters. The number of carbonyl (C=O) groups excluding carboxylic acids is 1. The fraction of sp³-hybridized carbons (Fsp3) is 0.500. The van der Waals surface area contributed by atoms with Crippen LogP contribution >= 0.6 is 0 Å². The number of nitrogens with zero attached hydrogens (tertiary/aromatic N) is 2. The minimum Gasteiger partial charge on any atom is -0.352 e. The Kier molecular flexibility index (Phi) is 3.01. The monoisotopic (exact) mass is 221 g/mol. The van der Waals surface area contributed by atoms with E-state index in [2.05, 4.69) is 10.4 Å². The summed E-state index contributed by atoms with van der Waals surface area (Å²) in [7, 11) is 1.14. The number of hydrogen-bond acceptors (Lipinski definition) is 2. The molecule has 84 valence electrons. The van der Waals surface area contributed by atoms with Crippen molar-refractivity contribution in [2.45, 2.75) is 13.1 Å². The van der Waals surface area contributed by atoms with E-state index in [9.17, 15) is 18.0 Å². The average molecular weight is 221 g/mol. The first-order chi connectivity index (χ1) is 6.88. The second kappa shape index (κ2) is 3.92. The molecule has 0 aliphatic heterocycles. The van der Waals surface area contributed by atoms with Gasteiger partial charge in [-0.05, 0) is 6.92 Å². The van der Waals surface area contributed by atoms with Crippen molar-refractivity contribution < 1.29 is 18.0 Å². The lowest BCUT2D eigenvalue weighted by molar-refractivity contribution is -0.144. The number of rotatable bonds is 2. The highest BCUT2D eigenvalue weighted by Crippen LogP contribution is 2.31. The third-order valence-electron chi connectivity index (χ3n) is 1.79. The quantitative estimate of drug-likeness (QED) is 0.815. The third-order valence-corrected chi connectivity index (χ3v) is 1.79. The number of aryl methyl sites for hydroxylation is 1. The standard InChI is InChI=1S/C8H10F3N3O/c1-3-12-7(15)5-4-13-14(2)6(5)8(9,10)11/h4H,3H2,1-2H3,(H,12,15). The van der Waals surface area contributed by atoms with Gasteiger partial charge in [0.2, 0.25) is 0 Å². The number of aromatic nitrogens is 2. The van der Waals surface area contributed by atoms with Crippen molar-refractivity contribution in [2.24, 2.45) is 7.05 Å². The van der Waals surface area contributed by atoms with Gasteiger partial charge in [-0.15, -0.1) is 0 Å². The van der Waals surface area contributed by atoms with Crippen LogP contribution in [0.5, 0.6) is 0 Å². The smallest absolute Gasteiger partial charge is 0.352 e. The molecule has 4 nitrogen and oxygen atoms in total. The molecule has 0 saturated heterocycles. The van der Waals surface area contributed by atoms with Crippen LogP contribution in [0, 0.1) is 0 Å². The first-order valence-corrected chi connectivity index (χ1v) is 4.25. The summed E-state index contributed by atoms with van der Waals surface area (Å²) in [6.07, 6.45) is -3.67. The fourth-order valence-electron chi connectivity index (χ4n) is 1.20. The lowest BCUT2D eigenvalue weighted by Gasteiger charge is -2.09. The van der Waals surface area contributed by atoms with E-state index in [4.69, 9.17) is 0 Å². The van der Waals surface area contributed by atoms with E-state index >= 15 is 0 Å². The van der Waals surface area contributed by atoms with Crippen molar-refractivity contribution in [1.82, 2.24) is 15.1 Å². The molecule has 0 spiro atoms. The summed E-state index contributed by atoms with van der Waals surface area (Å²) in [5, 5.41) is 5.72. The van der Waals surface area contributed by atoms with E-state index in [-0.39, 0.29) is 6.54 Å². The highest BCUT2D eigenvalue weighted by molar-refractivity contribution is 5.95. The zero-order chi connectivity index (χ0) is 11.6. The summed E-state index contributed by atoms with van der Waals surface area (Å²) in [5.74, 6) is -0.766. The predicted octanol–water partition coefficient (Wildman–Crippen LogP) is 1.19. The molecule has 1 amide bonds. The van der Waals surface area contributed by atoms with Crippen LogP contribution in [0.4, 0.5) is 13.2 Å². The highest BCUT2D eigenvalue weighted by Gasteiger charge is 2.39. The maximum atomic E-state index is 12.5. The molecule has 0 aromatic carbocycles. The lowest BCUT2D eigenvalue weighted by atomic mass is 10.2. The van der Waals surface area contributed by atoms with E-state index in [1.54, 1.807) is 6.92 Å². The molecule has 0 aliphatic carbocycles. The van der Waals surface area contributed by atoms with Gasteiger partial charge in [-0.1, -0.05) is 0 Å². The molecule has 1 aromatic heterocycles. The molecule has 1 rings (SSSR count). The van der Waals surface area contributed by atoms with Gasteiger partial charge in [0.15, 0.2) is 5.69 Å². The normalized spacial score (nSPS) is 11.5. The molecule has 0 fully saturated rings. The molecule has 15 heavy (non-hydrogen) atoms. The summed E-state index contributed by atoms with van der Waals surface area (Å²) in [6.45, 7) is 1.90. The molecule has 1 N–H and O–H groups in total. The van der Waals surface area contributed by atoms with Gasteiger partial charge < -0.3 is 5.32 Å². The Hall–Kier alpha value is -1.53. The first kappa shape index (κ1) is 11.5. The summed E-state index contributed by atoms with van der Waals surface area (Å²) < 4.78 is 38.2. The Morgan fingerprint density at radius 1 is 1.60 bits per heavy atom. The van der Waals surface area contributed by atoms with Crippen LogP contribution in [0.25, 0.3) is 0 Å². The van der Waals surface area contributed by atoms with Crippen molar-refractivity contribution in [2.75, 3.05) is 6.54 Å². The maximum absolute atomic E-state index is 12.5. The number of hydrogen-bond donors (Lipinski definition) is 1. The number of alkyl halides is 3. The fourth-order valence-corrected chi connectivity index (χ4v) is 1.20. The SMILES string of the molecule is CCNC(=O)c1cnn(C)c1C(F)(F)F. The Balaban J connectivity index is 3.15. The van der Waals surface area contributed by atoms with E-state index in [1.165, 1.54) is 0 Å². The number of amides is 1. The van der Waals surface area contributed by atoms with Gasteiger partial charge in [0.1, 0.15) is 0 Å². The van der Waals surface area contributed by atoms with Crippen LogP contribution < -0.4 is 5.32 Å². The van der Waals surface area contributed by atoms with Gasteiger partial charge in [-0.25, -0.2) is 0 Å². The van der Waals surface area contributed by atoms with E-state index in [0.29, 0.717) is 4.68 Å². The van der Waals surface area contributed by atoms with Crippen LogP contribution in [0.3, 0.4) is 0 Å². The molecule has 0 unspecified atom stereocenters. The molecule has 7 heteroatoms. The molecular formula is C8H10F3N3O. The second-order valence-electron chi connectivity index (χ2n) is 2.89. The third kappa shape index (κ3) is 2.28. The Bertz CT molecular complexity index is 370. The van der Waals surface area contributed by atoms with Crippen molar-refractivity contribution in [1.29, 1.82) is 0 Å². The van der Waals surface area contributed by atoms with Crippen molar-refractivity contribution in [3.63, 3.8) is 0 Å². The Labute approximate surface area is 84.1 Å². The zero-order valence-corrected chi connectivity index (χ0v) is 8.22. The largest absolute Gasteiger partial charge is 0.433 e. The average Bonchev–Trinajstić information content (AvgIpc) is 2.46. The van der Waals surface area contributed by atoms with Gasteiger partial charge in [0.05, 0.1) is 11.8 Å². The molecule has 0 radical (unpaired) electrons. The molecular weight excluding hydrogens is 211 g/mol. The highest BCUT2D eigenvalue weighted by atomic mass is 19.4. The van der Waals surface area contributed by atoms with Crippen LogP contribution in [0.2, 0.25) is 0 Å². The minimum absolute atomic E-state index is 0.269. The minimum atomic E-state index is -4.58. The summed E-state index contributed by atoms with van der Waals surface area (Å²) in [5.41, 5.74) is -1.49. The van der Waals surface area contributed by atoms with Crippen molar-refractivity contribution >= 4 is 5.91 Å². The van der Waals surface area contributed by atoms with Gasteiger partial charge in [0.25, 0.3) is 5.91 Å². The Morgan fingerprint density at radius 3 is 2.67 bits per heavy atom. The van der Waals surface area contributed by atoms with Crippen LogP contribution in [-0.4, -0.2) is 22.2 Å². The summed E-state index contributed by atoms with van der Waals surface area (Å²) in [6, 6.07) is 0. The van der Waals surface area contributed by atoms with Crippen LogP contribution in [0.15, 0.2) is 6.20 Å². The number of carbonyl (C=O) groups is 1. The van der Waals surface area contributed by atoms with E-state index < -0.39 is 23.3 Å². The molecule has 0 bridgehead atoms. The lowest BCUT2D eigenvalue weighted by Crippen LogP contribution is -2.26. The van der Waals surface area contributed by atoms with Gasteiger partial charge in [-0.3, -0.25) is 9.48 Å². The second-order valence-corrected chi connectivity index (χ2v) is 2.89. The predicted molar refractivity (Wildman–Crippen MR) is 46.2 cm³/mol. The van der Waals surface area contributed by atoms with Gasteiger partial charge in [0, 0.05) is 13.6 Å². The number of halogens is 3. The number of nitrogens with one attached hydrogen (secondary N) is 1. The van der Waals surface area contributed by atoms with Crippen LogP contribution in [0.1, 0.15) is 23.0 Å². The molecule has 0 aliphatic rings. The van der Waals surface area contributed by atoms with Crippen molar-refractivity contribution in [3.8, 4) is 0 Å². The van der Waals surface area contributed by atoms with Gasteiger partial charge in [-0.2, -0.15) is 18.3 Å². The molecule has 1 aromatic rings.